The number of carbonyl (C=O) groups is 1. The minimum atomic E-state index is -4.18. The maximum absolute atomic E-state index is 12.3. The second kappa shape index (κ2) is 10.3. The van der Waals surface area contributed by atoms with Gasteiger partial charge in [0.15, 0.2) is 0 Å². The number of benzene rings is 1. The molecule has 1 N–H and O–H groups in total. The van der Waals surface area contributed by atoms with E-state index in [1.807, 2.05) is 13.0 Å². The molecule has 1 rings (SSSR count). The molecule has 0 saturated carbocycles. The van der Waals surface area contributed by atoms with E-state index in [0.29, 0.717) is 23.9 Å². The Kier molecular flexibility index (Phi) is 9.04. The molecule has 0 saturated heterocycles. The summed E-state index contributed by atoms with van der Waals surface area (Å²) in [7, 11) is 19.3. The quantitative estimate of drug-likeness (QED) is 0.342. The zero-order valence-electron chi connectivity index (χ0n) is 14.9. The molecule has 0 amide bonds. The maximum Gasteiger partial charge on any atom is 0.309 e. The van der Waals surface area contributed by atoms with Gasteiger partial charge in [-0.3, -0.25) is 9.35 Å². The zero-order chi connectivity index (χ0) is 19.9. The molecule has 10 heteroatoms. The molecule has 0 aliphatic carbocycles. The van der Waals surface area contributed by atoms with Crippen LogP contribution in [-0.2, 0) is 45.0 Å². The Bertz CT molecular complexity index is 737. The second-order valence-corrected chi connectivity index (χ2v) is 7.51. The molecule has 0 fully saturated rings. The van der Waals surface area contributed by atoms with Crippen LogP contribution in [0.5, 0.6) is 0 Å². The molecule has 1 aromatic carbocycles. The molecule has 1 unspecified atom stereocenters. The summed E-state index contributed by atoms with van der Waals surface area (Å²) in [5, 5.41) is 0. The van der Waals surface area contributed by atoms with Crippen molar-refractivity contribution in [3.8, 4) is 0 Å². The van der Waals surface area contributed by atoms with E-state index in [-0.39, 0.29) is 19.0 Å². The van der Waals surface area contributed by atoms with Crippen LogP contribution in [0.4, 0.5) is 0 Å². The molecule has 5 nitrogen and oxygen atoms in total. The van der Waals surface area contributed by atoms with E-state index in [1.54, 1.807) is 0 Å². The van der Waals surface area contributed by atoms with Crippen molar-refractivity contribution in [2.24, 2.45) is 5.92 Å². The SMILES string of the molecule is [B]Cc1cc(C[B])c(CC(CC)C(=O)OCCS(=O)(=O)O)c(C[B])c1[B]. The highest BCUT2D eigenvalue weighted by Crippen LogP contribution is 2.22. The molecular weight excluding hydrogens is 347 g/mol. The van der Waals surface area contributed by atoms with E-state index >= 15 is 0 Å². The summed E-state index contributed by atoms with van der Waals surface area (Å²) < 4.78 is 35.1. The topological polar surface area (TPSA) is 80.7 Å². The summed E-state index contributed by atoms with van der Waals surface area (Å²) in [5.74, 6) is -1.71. The highest BCUT2D eigenvalue weighted by Gasteiger charge is 2.23. The largest absolute Gasteiger partial charge is 0.464 e. The van der Waals surface area contributed by atoms with Crippen molar-refractivity contribution in [3.05, 3.63) is 28.3 Å². The third kappa shape index (κ3) is 6.23. The van der Waals surface area contributed by atoms with Crippen molar-refractivity contribution in [2.75, 3.05) is 12.4 Å². The van der Waals surface area contributed by atoms with Gasteiger partial charge in [-0.25, -0.2) is 0 Å². The van der Waals surface area contributed by atoms with Gasteiger partial charge in [-0.1, -0.05) is 54.1 Å². The smallest absolute Gasteiger partial charge is 0.309 e. The Labute approximate surface area is 161 Å². The highest BCUT2D eigenvalue weighted by molar-refractivity contribution is 7.85. The molecular formula is C16H20B4O5S. The van der Waals surface area contributed by atoms with E-state index in [9.17, 15) is 13.2 Å². The number of carbonyl (C=O) groups excluding carboxylic acids is 1. The summed E-state index contributed by atoms with van der Waals surface area (Å²) in [6.07, 6.45) is 1.45. The molecule has 0 bridgehead atoms. The van der Waals surface area contributed by atoms with Gasteiger partial charge in [0, 0.05) is 0 Å². The van der Waals surface area contributed by atoms with Crippen molar-refractivity contribution in [1.82, 2.24) is 0 Å². The maximum atomic E-state index is 12.3. The van der Waals surface area contributed by atoms with Gasteiger partial charge < -0.3 is 4.74 Å². The monoisotopic (exact) mass is 368 g/mol. The average molecular weight is 368 g/mol. The molecule has 0 spiro atoms. The Morgan fingerprint density at radius 3 is 2.23 bits per heavy atom. The molecule has 0 heterocycles. The van der Waals surface area contributed by atoms with Crippen LogP contribution in [0.25, 0.3) is 0 Å². The molecule has 0 aliphatic heterocycles. The van der Waals surface area contributed by atoms with Crippen LogP contribution >= 0.6 is 0 Å². The third-order valence-corrected chi connectivity index (χ3v) is 4.96. The first-order valence-corrected chi connectivity index (χ1v) is 9.93. The van der Waals surface area contributed by atoms with E-state index in [1.165, 1.54) is 0 Å². The fraction of sp³-hybridized carbons (Fsp3) is 0.562. The van der Waals surface area contributed by atoms with E-state index in [0.717, 1.165) is 16.7 Å². The zero-order valence-corrected chi connectivity index (χ0v) is 15.7. The predicted octanol–water partition coefficient (Wildman–Crippen LogP) is -0.514. The Morgan fingerprint density at radius 1 is 1.15 bits per heavy atom. The van der Waals surface area contributed by atoms with Gasteiger partial charge in [-0.15, -0.1) is 0 Å². The average Bonchev–Trinajstić information content (AvgIpc) is 2.58. The fourth-order valence-corrected chi connectivity index (χ4v) is 3.06. The van der Waals surface area contributed by atoms with Gasteiger partial charge in [0.2, 0.25) is 0 Å². The first-order valence-electron chi connectivity index (χ1n) is 8.32. The predicted molar refractivity (Wildman–Crippen MR) is 105 cm³/mol. The van der Waals surface area contributed by atoms with Crippen molar-refractivity contribution in [2.45, 2.75) is 38.7 Å². The molecule has 1 aromatic rings. The van der Waals surface area contributed by atoms with Gasteiger partial charge in [0.05, 0.1) is 29.5 Å². The van der Waals surface area contributed by atoms with Crippen LogP contribution in [0.3, 0.4) is 0 Å². The van der Waals surface area contributed by atoms with Crippen LogP contribution in [0.2, 0.25) is 0 Å². The minimum Gasteiger partial charge on any atom is -0.464 e. The number of hydrogen-bond donors (Lipinski definition) is 1. The lowest BCUT2D eigenvalue weighted by Crippen LogP contribution is -2.26. The lowest BCUT2D eigenvalue weighted by Gasteiger charge is -2.23. The van der Waals surface area contributed by atoms with Crippen molar-refractivity contribution in [3.63, 3.8) is 0 Å². The molecule has 26 heavy (non-hydrogen) atoms. The Balaban J connectivity index is 3.06. The van der Waals surface area contributed by atoms with Gasteiger partial charge in [-0.05, 0) is 18.4 Å². The summed E-state index contributed by atoms with van der Waals surface area (Å²) in [4.78, 5) is 12.3. The summed E-state index contributed by atoms with van der Waals surface area (Å²) in [6, 6.07) is 1.82. The van der Waals surface area contributed by atoms with Gasteiger partial charge in [0.1, 0.15) is 20.2 Å². The highest BCUT2D eigenvalue weighted by atomic mass is 32.2. The van der Waals surface area contributed by atoms with Gasteiger partial charge >= 0.3 is 5.97 Å². The van der Waals surface area contributed by atoms with Gasteiger partial charge in [0.25, 0.3) is 10.1 Å². The first kappa shape index (κ1) is 22.9. The van der Waals surface area contributed by atoms with Crippen LogP contribution < -0.4 is 5.46 Å². The minimum absolute atomic E-state index is 0.177. The Hall–Kier alpha value is -1.14. The number of esters is 1. The molecule has 1 atom stereocenters. The van der Waals surface area contributed by atoms with Gasteiger partial charge in [-0.2, -0.15) is 8.42 Å². The molecule has 0 aliphatic rings. The van der Waals surface area contributed by atoms with Crippen molar-refractivity contribution >= 4 is 52.9 Å². The standard InChI is InChI=1S/C16H20B4O5S/c1-2-10(16(21)25-3-4-26(22,23)24)6-13-11(7-17)5-12(8-18)15(20)14(13)9-19/h5,10H,2-4,6-9H2,1H3,(H,22,23,24). The normalized spacial score (nSPS) is 12.7. The summed E-state index contributed by atoms with van der Waals surface area (Å²) in [6.45, 7) is 1.41. The van der Waals surface area contributed by atoms with Crippen LogP contribution in [-0.4, -0.2) is 62.7 Å². The van der Waals surface area contributed by atoms with Crippen molar-refractivity contribution < 1.29 is 22.5 Å². The van der Waals surface area contributed by atoms with E-state index in [4.69, 9.17) is 40.7 Å². The molecule has 132 valence electrons. The Morgan fingerprint density at radius 2 is 1.77 bits per heavy atom. The summed E-state index contributed by atoms with van der Waals surface area (Å²) in [5.41, 5.74) is 3.56. The van der Waals surface area contributed by atoms with Crippen LogP contribution in [0.15, 0.2) is 6.07 Å². The number of hydrogen-bond acceptors (Lipinski definition) is 4. The number of rotatable bonds is 10. The molecule has 8 radical (unpaired) electrons. The lowest BCUT2D eigenvalue weighted by atomic mass is 9.71. The summed E-state index contributed by atoms with van der Waals surface area (Å²) >= 11 is 0. The fourth-order valence-electron chi connectivity index (χ4n) is 2.77. The van der Waals surface area contributed by atoms with Crippen molar-refractivity contribution in [1.29, 1.82) is 0 Å². The van der Waals surface area contributed by atoms with Crippen LogP contribution in [0, 0.1) is 5.92 Å². The second-order valence-electron chi connectivity index (χ2n) is 5.94. The van der Waals surface area contributed by atoms with E-state index < -0.39 is 34.4 Å². The molecule has 0 aromatic heterocycles. The van der Waals surface area contributed by atoms with Crippen LogP contribution in [0.1, 0.15) is 35.6 Å². The lowest BCUT2D eigenvalue weighted by molar-refractivity contribution is -0.148. The third-order valence-electron chi connectivity index (χ3n) is 4.28. The van der Waals surface area contributed by atoms with E-state index in [2.05, 4.69) is 0 Å². The first-order chi connectivity index (χ1) is 12.2. The number of ether oxygens (including phenoxy) is 1.